The molecule has 1 aromatic rings. The molecule has 2 saturated carbocycles. The SMILES string of the molecule is C=C1/C=C/C=C(\[C@H]2CC[C@@]3([C@@H]4C[C@@H](CO)C#CC[C@H](c5cccc6c5CC(=O)N[C@H]6N)C(=O)/C(C)=C/4CC[C@@]3(C)O)[C@@H]2O)COCC#CC/C(C)=C/CC1. The largest absolute Gasteiger partial charge is 0.395 e. The molecular weight excluding hydrogens is 677 g/mol. The predicted octanol–water partition coefficient (Wildman–Crippen LogP) is 5.80. The van der Waals surface area contributed by atoms with Crippen molar-refractivity contribution in [3.05, 3.63) is 93.6 Å². The van der Waals surface area contributed by atoms with E-state index in [-0.39, 0.29) is 50.3 Å². The lowest BCUT2D eigenvalue weighted by molar-refractivity contribution is -0.169. The highest BCUT2D eigenvalue weighted by Gasteiger charge is 2.64. The third-order valence-corrected chi connectivity index (χ3v) is 12.8. The van der Waals surface area contributed by atoms with Gasteiger partial charge in [-0.25, -0.2) is 0 Å². The van der Waals surface area contributed by atoms with E-state index in [0.29, 0.717) is 44.1 Å². The number of hydrogen-bond donors (Lipinski definition) is 5. The van der Waals surface area contributed by atoms with E-state index in [4.69, 9.17) is 10.5 Å². The molecular formula is C46H56N2O6. The number of amides is 1. The topological polar surface area (TPSA) is 142 Å². The molecule has 6 rings (SSSR count). The quantitative estimate of drug-likeness (QED) is 0.196. The van der Waals surface area contributed by atoms with Gasteiger partial charge in [-0.3, -0.25) is 9.59 Å². The third kappa shape index (κ3) is 7.87. The molecule has 5 aliphatic rings. The number of fused-ring (bicyclic) bond motifs is 3. The van der Waals surface area contributed by atoms with Crippen molar-refractivity contribution >= 4 is 11.7 Å². The Bertz CT molecular complexity index is 1910. The van der Waals surface area contributed by atoms with E-state index in [1.165, 1.54) is 5.57 Å². The Hall–Kier alpha value is -4.02. The first kappa shape index (κ1) is 39.7. The smallest absolute Gasteiger partial charge is 0.225 e. The van der Waals surface area contributed by atoms with Crippen molar-refractivity contribution in [2.45, 2.75) is 109 Å². The van der Waals surface area contributed by atoms with Crippen LogP contribution in [0.1, 0.15) is 107 Å². The van der Waals surface area contributed by atoms with E-state index in [0.717, 1.165) is 46.3 Å². The first-order chi connectivity index (χ1) is 25.9. The zero-order valence-corrected chi connectivity index (χ0v) is 32.0. The van der Waals surface area contributed by atoms with Crippen LogP contribution in [0, 0.1) is 46.9 Å². The summed E-state index contributed by atoms with van der Waals surface area (Å²) in [5.74, 6) is 10.8. The van der Waals surface area contributed by atoms with E-state index in [9.17, 15) is 24.9 Å². The van der Waals surface area contributed by atoms with Crippen LogP contribution in [0.5, 0.6) is 0 Å². The van der Waals surface area contributed by atoms with Gasteiger partial charge in [0.1, 0.15) is 12.8 Å². The molecule has 3 aliphatic carbocycles. The van der Waals surface area contributed by atoms with Crippen LogP contribution in [0.15, 0.2) is 76.9 Å². The number of hydrogen-bond acceptors (Lipinski definition) is 7. The molecule has 286 valence electrons. The Morgan fingerprint density at radius 1 is 1.11 bits per heavy atom. The predicted molar refractivity (Wildman–Crippen MR) is 210 cm³/mol. The lowest BCUT2D eigenvalue weighted by atomic mass is 9.51. The number of allylic oxidation sites excluding steroid dienone is 8. The molecule has 2 aliphatic heterocycles. The fraction of sp³-hybridized carbons (Fsp3) is 0.522. The summed E-state index contributed by atoms with van der Waals surface area (Å²) in [6.45, 7) is 10.4. The van der Waals surface area contributed by atoms with Crippen molar-refractivity contribution in [1.29, 1.82) is 0 Å². The average Bonchev–Trinajstić information content (AvgIpc) is 3.48. The highest BCUT2D eigenvalue weighted by molar-refractivity contribution is 6.01. The first-order valence-corrected chi connectivity index (χ1v) is 19.5. The average molecular weight is 733 g/mol. The molecule has 1 spiro atoms. The maximum Gasteiger partial charge on any atom is 0.225 e. The molecule has 8 atom stereocenters. The number of carbonyl (C=O) groups excluding carboxylic acids is 2. The highest BCUT2D eigenvalue weighted by Crippen LogP contribution is 2.63. The Morgan fingerprint density at radius 3 is 2.70 bits per heavy atom. The lowest BCUT2D eigenvalue weighted by Gasteiger charge is -2.56. The third-order valence-electron chi connectivity index (χ3n) is 12.8. The van der Waals surface area contributed by atoms with Gasteiger partial charge in [-0.05, 0) is 99.5 Å². The zero-order chi connectivity index (χ0) is 38.6. The molecule has 1 aromatic carbocycles. The first-order valence-electron chi connectivity index (χ1n) is 19.5. The molecule has 0 unspecified atom stereocenters. The van der Waals surface area contributed by atoms with E-state index in [1.54, 1.807) is 0 Å². The number of ketones is 1. The molecule has 8 nitrogen and oxygen atoms in total. The van der Waals surface area contributed by atoms with E-state index in [1.807, 2.05) is 50.3 Å². The number of carbonyl (C=O) groups is 2. The number of rotatable bonds is 3. The summed E-state index contributed by atoms with van der Waals surface area (Å²) in [5, 5.41) is 38.6. The molecule has 0 saturated heterocycles. The van der Waals surface area contributed by atoms with Gasteiger partial charge in [0.25, 0.3) is 0 Å². The van der Waals surface area contributed by atoms with Crippen LogP contribution in [0.2, 0.25) is 0 Å². The minimum absolute atomic E-state index is 0.0738. The standard InChI is InChI=1S/C46H56N2O6/c1-29-11-5-6-24-54-28-33(16-8-14-30(2)13-7-12-29)35-21-23-46(43(35)52)40-25-32(27-49)15-9-18-37(42(51)31(3)34(40)20-22-45(46,4)53)36-17-10-19-38-39(36)26-41(50)48-44(38)47/h8,10,12,14,16-17,19,32,35,37,40,43-44,49,52-53H,2,7,11,13,18,20-28,47H2,1,3-4H3,(H,48,50)/b14-8+,29-12+,33-16-,34-31+/t32-,35+,37+,40+,43+,44+,45+,46+/m0/s1. The fourth-order valence-electron chi connectivity index (χ4n) is 9.85. The summed E-state index contributed by atoms with van der Waals surface area (Å²) in [7, 11) is 0. The molecule has 2 fully saturated rings. The summed E-state index contributed by atoms with van der Waals surface area (Å²) in [6.07, 6.45) is 11.8. The van der Waals surface area contributed by atoms with Crippen molar-refractivity contribution in [3.8, 4) is 23.7 Å². The van der Waals surface area contributed by atoms with Crippen LogP contribution in [0.4, 0.5) is 0 Å². The second kappa shape index (κ2) is 16.8. The maximum atomic E-state index is 14.8. The van der Waals surface area contributed by atoms with Gasteiger partial charge in [-0.15, -0.1) is 5.92 Å². The van der Waals surface area contributed by atoms with Crippen molar-refractivity contribution in [3.63, 3.8) is 0 Å². The Labute approximate surface area is 320 Å². The molecule has 54 heavy (non-hydrogen) atoms. The van der Waals surface area contributed by atoms with Crippen LogP contribution in [0.3, 0.4) is 0 Å². The molecule has 0 bridgehead atoms. The van der Waals surface area contributed by atoms with Gasteiger partial charge in [0, 0.05) is 30.1 Å². The van der Waals surface area contributed by atoms with E-state index < -0.39 is 41.0 Å². The zero-order valence-electron chi connectivity index (χ0n) is 32.0. The van der Waals surface area contributed by atoms with Crippen LogP contribution in [0.25, 0.3) is 0 Å². The summed E-state index contributed by atoms with van der Waals surface area (Å²) in [5.41, 5.74) is 11.0. The van der Waals surface area contributed by atoms with Gasteiger partial charge in [0.05, 0.1) is 37.3 Å². The Morgan fingerprint density at radius 2 is 1.91 bits per heavy atom. The summed E-state index contributed by atoms with van der Waals surface area (Å²) in [4.78, 5) is 27.4. The molecule has 8 heteroatoms. The summed E-state index contributed by atoms with van der Waals surface area (Å²) < 4.78 is 6.09. The number of aliphatic hydroxyl groups is 3. The molecule has 0 radical (unpaired) electrons. The van der Waals surface area contributed by atoms with E-state index >= 15 is 0 Å². The minimum Gasteiger partial charge on any atom is -0.395 e. The number of Topliss-reactive ketones (excluding diaryl/α,β-unsaturated/α-hetero) is 1. The van der Waals surface area contributed by atoms with Gasteiger partial charge >= 0.3 is 0 Å². The van der Waals surface area contributed by atoms with Crippen LogP contribution >= 0.6 is 0 Å². The van der Waals surface area contributed by atoms with Crippen LogP contribution in [-0.4, -0.2) is 58.5 Å². The Kier molecular flexibility index (Phi) is 12.3. The highest BCUT2D eigenvalue weighted by atomic mass is 16.5. The maximum absolute atomic E-state index is 14.8. The molecule has 6 N–H and O–H groups in total. The molecule has 1 amide bonds. The molecule has 0 aromatic heterocycles. The second-order valence-corrected chi connectivity index (χ2v) is 16.2. The second-order valence-electron chi connectivity index (χ2n) is 16.2. The van der Waals surface area contributed by atoms with E-state index in [2.05, 4.69) is 48.6 Å². The van der Waals surface area contributed by atoms with Crippen molar-refractivity contribution < 1.29 is 29.6 Å². The number of aliphatic hydroxyl groups excluding tert-OH is 2. The fourth-order valence-corrected chi connectivity index (χ4v) is 9.85. The van der Waals surface area contributed by atoms with Crippen LogP contribution in [-0.2, 0) is 20.7 Å². The minimum atomic E-state index is -1.26. The Balaban J connectivity index is 1.39. The number of nitrogens with one attached hydrogen (secondary N) is 1. The monoisotopic (exact) mass is 732 g/mol. The van der Waals surface area contributed by atoms with Gasteiger partial charge in [-0.2, -0.15) is 0 Å². The number of benzene rings is 1. The summed E-state index contributed by atoms with van der Waals surface area (Å²) in [6, 6.07) is 5.65. The van der Waals surface area contributed by atoms with Crippen molar-refractivity contribution in [2.75, 3.05) is 19.8 Å². The van der Waals surface area contributed by atoms with Gasteiger partial charge < -0.3 is 31.1 Å². The van der Waals surface area contributed by atoms with Gasteiger partial charge in [0.15, 0.2) is 5.78 Å². The van der Waals surface area contributed by atoms with Gasteiger partial charge in [0.2, 0.25) is 5.91 Å². The summed E-state index contributed by atoms with van der Waals surface area (Å²) >= 11 is 0. The number of nitrogens with two attached hydrogens (primary N) is 1. The number of ether oxygens (including phenoxy) is 1. The van der Waals surface area contributed by atoms with Crippen molar-refractivity contribution in [2.24, 2.45) is 28.9 Å². The van der Waals surface area contributed by atoms with Crippen LogP contribution < -0.4 is 11.1 Å². The van der Waals surface area contributed by atoms with Crippen molar-refractivity contribution in [1.82, 2.24) is 5.32 Å². The molecule has 2 heterocycles. The lowest BCUT2D eigenvalue weighted by Crippen LogP contribution is -2.59. The van der Waals surface area contributed by atoms with Gasteiger partial charge in [-0.1, -0.05) is 83.6 Å². The normalized spacial score (nSPS) is 37.6.